The maximum absolute atomic E-state index is 17.2. The van der Waals surface area contributed by atoms with E-state index in [1.807, 2.05) is 0 Å². The number of aromatic hydroxyl groups is 1. The summed E-state index contributed by atoms with van der Waals surface area (Å²) in [7, 11) is 1.53. The minimum atomic E-state index is -1.16. The van der Waals surface area contributed by atoms with Crippen molar-refractivity contribution < 1.29 is 23.4 Å². The van der Waals surface area contributed by atoms with Gasteiger partial charge in [-0.05, 0) is 96.8 Å². The number of halogens is 2. The van der Waals surface area contributed by atoms with Gasteiger partial charge in [0, 0.05) is 43.5 Å². The van der Waals surface area contributed by atoms with Crippen LogP contribution in [0.25, 0.3) is 22.5 Å². The summed E-state index contributed by atoms with van der Waals surface area (Å²) in [5.74, 6) is 6.70. The number of fused-ring (bicyclic) bond motifs is 3. The first-order valence-electron chi connectivity index (χ1n) is 17.5. The monoisotopic (exact) mass is 651 g/mol. The molecule has 8 nitrogen and oxygen atoms in total. The number of hydrogen-bond donors (Lipinski definition) is 2. The molecule has 4 saturated carbocycles. The van der Waals surface area contributed by atoms with Crippen molar-refractivity contribution in [3.8, 4) is 24.1 Å². The summed E-state index contributed by atoms with van der Waals surface area (Å²) in [5, 5.41) is 15.3. The van der Waals surface area contributed by atoms with Crippen molar-refractivity contribution in [1.82, 2.24) is 20.2 Å². The molecule has 2 aromatic carbocycles. The number of nitrogens with zero attached hydrogens (tertiary/aromatic N) is 4. The molecule has 48 heavy (non-hydrogen) atoms. The fraction of sp³-hybridized carbons (Fsp3) is 0.526. The van der Waals surface area contributed by atoms with Crippen molar-refractivity contribution >= 4 is 28.3 Å². The average molecular weight is 652 g/mol. The van der Waals surface area contributed by atoms with E-state index < -0.39 is 17.7 Å². The number of terminal acetylenes is 1. The molecule has 5 atom stereocenters. The highest BCUT2D eigenvalue weighted by Gasteiger charge is 2.57. The molecule has 0 bridgehead atoms. The zero-order valence-corrected chi connectivity index (χ0v) is 27.0. The molecule has 2 N–H and O–H groups in total. The number of likely N-dealkylation sites (tertiary alicyclic amines) is 1. The number of piperidine rings is 2. The van der Waals surface area contributed by atoms with Gasteiger partial charge in [0.1, 0.15) is 34.0 Å². The van der Waals surface area contributed by atoms with Crippen molar-refractivity contribution in [2.24, 2.45) is 40.9 Å². The van der Waals surface area contributed by atoms with Crippen LogP contribution in [0.5, 0.6) is 11.8 Å². The third-order valence-corrected chi connectivity index (χ3v) is 12.7. The van der Waals surface area contributed by atoms with Gasteiger partial charge in [-0.25, -0.2) is 8.78 Å². The van der Waals surface area contributed by atoms with Crippen LogP contribution in [-0.4, -0.2) is 66.4 Å². The molecule has 248 valence electrons. The summed E-state index contributed by atoms with van der Waals surface area (Å²) in [6.07, 6.45) is 11.8. The van der Waals surface area contributed by atoms with Crippen LogP contribution in [0.3, 0.4) is 0 Å². The van der Waals surface area contributed by atoms with Gasteiger partial charge in [-0.1, -0.05) is 12.0 Å². The van der Waals surface area contributed by atoms with Crippen molar-refractivity contribution in [3.63, 3.8) is 0 Å². The van der Waals surface area contributed by atoms with Crippen molar-refractivity contribution in [1.29, 1.82) is 0 Å². The van der Waals surface area contributed by atoms with E-state index >= 15 is 4.39 Å². The second-order valence-corrected chi connectivity index (χ2v) is 15.7. The third kappa shape index (κ3) is 4.35. The highest BCUT2D eigenvalue weighted by atomic mass is 19.1. The molecule has 3 aliphatic heterocycles. The van der Waals surface area contributed by atoms with Crippen molar-refractivity contribution in [3.05, 3.63) is 51.8 Å². The molecule has 3 aromatic rings. The van der Waals surface area contributed by atoms with Gasteiger partial charge in [0.2, 0.25) is 5.88 Å². The lowest BCUT2D eigenvalue weighted by Gasteiger charge is -2.63. The summed E-state index contributed by atoms with van der Waals surface area (Å²) in [6, 6.07) is 4.70. The van der Waals surface area contributed by atoms with Crippen LogP contribution in [0, 0.1) is 59.1 Å². The van der Waals surface area contributed by atoms with Crippen LogP contribution < -0.4 is 25.5 Å². The molecule has 0 radical (unpaired) electrons. The quantitative estimate of drug-likeness (QED) is 0.357. The highest BCUT2D eigenvalue weighted by Crippen LogP contribution is 2.60. The number of phenols is 1. The standard InChI is InChI=1S/C38H39F2N5O3/c1-3-26-28(39)5-4-19-11-25(46)12-27(30(19)26)33-32(40)34-31(36(41-33)47-2)35(45-15-23-8-20-9-24(16-45)29(20)23)43-37(42-34)48-18-38(6-7-38)17-44-13-21-10-22(21)14-44/h1,4-5,11-12,20-24,29,33,41,46H,6-10,13-18H2,2H3. The van der Waals surface area contributed by atoms with Crippen molar-refractivity contribution in [2.75, 3.05) is 51.3 Å². The summed E-state index contributed by atoms with van der Waals surface area (Å²) < 4.78 is 44.5. The molecular weight excluding hydrogens is 612 g/mol. The Labute approximate surface area is 277 Å². The number of hydrogen-bond acceptors (Lipinski definition) is 8. The molecule has 10 rings (SSSR count). The van der Waals surface area contributed by atoms with E-state index in [1.165, 1.54) is 63.7 Å². The van der Waals surface area contributed by atoms with Gasteiger partial charge in [-0.2, -0.15) is 9.97 Å². The Bertz CT molecular complexity index is 2030. The molecule has 0 amide bonds. The van der Waals surface area contributed by atoms with E-state index in [9.17, 15) is 9.50 Å². The Kier molecular flexibility index (Phi) is 6.14. The molecular formula is C38H39F2N5O3. The smallest absolute Gasteiger partial charge is 0.319 e. The number of ether oxygens (including phenoxy) is 2. The number of methoxy groups -OCH3 is 1. The summed E-state index contributed by atoms with van der Waals surface area (Å²) in [5.41, 5.74) is 0.365. The number of aromatic nitrogens is 2. The minimum absolute atomic E-state index is 0.00136. The fourth-order valence-corrected chi connectivity index (χ4v) is 10.0. The zero-order valence-electron chi connectivity index (χ0n) is 27.0. The van der Waals surface area contributed by atoms with Gasteiger partial charge in [-0.3, -0.25) is 0 Å². The molecule has 4 heterocycles. The Morgan fingerprint density at radius 1 is 1.02 bits per heavy atom. The predicted molar refractivity (Wildman–Crippen MR) is 176 cm³/mol. The van der Waals surface area contributed by atoms with Gasteiger partial charge in [0.05, 0.1) is 19.3 Å². The lowest BCUT2D eigenvalue weighted by molar-refractivity contribution is -0.0995. The first kappa shape index (κ1) is 28.9. The first-order valence-corrected chi connectivity index (χ1v) is 17.5. The lowest BCUT2D eigenvalue weighted by Crippen LogP contribution is -2.63. The lowest BCUT2D eigenvalue weighted by atomic mass is 9.46. The van der Waals surface area contributed by atoms with Crippen LogP contribution >= 0.6 is 0 Å². The number of phenolic OH excluding ortho intramolecular Hbond substituents is 1. The van der Waals surface area contributed by atoms with Gasteiger partial charge < -0.3 is 29.7 Å². The molecule has 0 spiro atoms. The Balaban J connectivity index is 1.09. The zero-order chi connectivity index (χ0) is 32.5. The largest absolute Gasteiger partial charge is 0.508 e. The third-order valence-electron chi connectivity index (χ3n) is 12.7. The maximum atomic E-state index is 17.2. The van der Waals surface area contributed by atoms with Gasteiger partial charge >= 0.3 is 6.01 Å². The minimum Gasteiger partial charge on any atom is -0.508 e. The molecule has 1 aromatic heterocycles. The number of anilines is 1. The van der Waals surface area contributed by atoms with Crippen LogP contribution in [0.1, 0.15) is 49.3 Å². The second-order valence-electron chi connectivity index (χ2n) is 15.7. The average Bonchev–Trinajstić information content (AvgIpc) is 3.96. The van der Waals surface area contributed by atoms with E-state index in [-0.39, 0.29) is 33.7 Å². The predicted octanol–water partition coefficient (Wildman–Crippen LogP) is 3.79. The summed E-state index contributed by atoms with van der Waals surface area (Å²) >= 11 is 0. The Hall–Kier alpha value is -4.10. The SMILES string of the molecule is C#Cc1c(F)ccc2cc(O)cc(C3NC(OC)=c4c(N5CC6CC7CC(C5)C76)nc(OCC5(CN6CC7CC7C6)CC5)nc4=C3F)c12. The topological polar surface area (TPSA) is 83.0 Å². The van der Waals surface area contributed by atoms with Crippen LogP contribution in [-0.2, 0) is 4.74 Å². The van der Waals surface area contributed by atoms with Gasteiger partial charge in [0.15, 0.2) is 5.83 Å². The summed E-state index contributed by atoms with van der Waals surface area (Å²) in [6.45, 7) is 5.58. The molecule has 10 heteroatoms. The van der Waals surface area contributed by atoms with Crippen LogP contribution in [0.2, 0.25) is 0 Å². The van der Waals surface area contributed by atoms with Crippen LogP contribution in [0.4, 0.5) is 14.6 Å². The normalized spacial score (nSPS) is 31.9. The van der Waals surface area contributed by atoms with E-state index in [1.54, 1.807) is 0 Å². The molecule has 6 fully saturated rings. The van der Waals surface area contributed by atoms with E-state index in [4.69, 9.17) is 25.9 Å². The number of benzene rings is 2. The van der Waals surface area contributed by atoms with E-state index in [0.29, 0.717) is 46.1 Å². The highest BCUT2D eigenvalue weighted by molar-refractivity contribution is 5.94. The summed E-state index contributed by atoms with van der Waals surface area (Å²) in [4.78, 5) is 14.6. The maximum Gasteiger partial charge on any atom is 0.319 e. The first-order chi connectivity index (χ1) is 23.3. The van der Waals surface area contributed by atoms with E-state index in [0.717, 1.165) is 56.1 Å². The number of rotatable bonds is 8. The second kappa shape index (κ2) is 10.2. The van der Waals surface area contributed by atoms with Crippen LogP contribution in [0.15, 0.2) is 24.3 Å². The fourth-order valence-electron chi connectivity index (χ4n) is 10.0. The molecule has 7 aliphatic rings. The molecule has 4 aliphatic carbocycles. The van der Waals surface area contributed by atoms with Crippen molar-refractivity contribution in [2.45, 2.75) is 38.1 Å². The Morgan fingerprint density at radius 2 is 1.77 bits per heavy atom. The van der Waals surface area contributed by atoms with Gasteiger partial charge in [-0.15, -0.1) is 6.42 Å². The molecule has 2 saturated heterocycles. The van der Waals surface area contributed by atoms with Gasteiger partial charge in [0.25, 0.3) is 0 Å². The Morgan fingerprint density at radius 3 is 2.46 bits per heavy atom. The molecule has 5 unspecified atom stereocenters. The van der Waals surface area contributed by atoms with E-state index in [2.05, 4.69) is 21.0 Å². The number of nitrogens with one attached hydrogen (secondary N) is 1.